The third-order valence-electron chi connectivity index (χ3n) is 5.15. The molecule has 0 fully saturated rings. The molecule has 0 amide bonds. The third kappa shape index (κ3) is 2.56. The van der Waals surface area contributed by atoms with Gasteiger partial charge in [0.05, 0.1) is 18.7 Å². The predicted molar refractivity (Wildman–Crippen MR) is 92.7 cm³/mol. The van der Waals surface area contributed by atoms with Crippen LogP contribution in [0.2, 0.25) is 0 Å². The highest BCUT2D eigenvalue weighted by atomic mass is 19.1. The quantitative estimate of drug-likeness (QED) is 0.816. The minimum Gasteiger partial charge on any atom is -0.497 e. The molecule has 0 saturated carbocycles. The number of rotatable bonds is 3. The maximum atomic E-state index is 14.6. The van der Waals surface area contributed by atoms with Crippen LogP contribution in [0.15, 0.2) is 48.6 Å². The van der Waals surface area contributed by atoms with Crippen LogP contribution in [0, 0.1) is 11.7 Å². The van der Waals surface area contributed by atoms with Crippen molar-refractivity contribution < 1.29 is 19.0 Å². The fourth-order valence-electron chi connectivity index (χ4n) is 3.92. The molecule has 1 aliphatic heterocycles. The van der Waals surface area contributed by atoms with Gasteiger partial charge in [0.2, 0.25) is 0 Å². The molecule has 0 bridgehead atoms. The summed E-state index contributed by atoms with van der Waals surface area (Å²) in [6.45, 7) is 0. The Morgan fingerprint density at radius 3 is 2.80 bits per heavy atom. The van der Waals surface area contributed by atoms with Crippen LogP contribution in [0.25, 0.3) is 0 Å². The number of anilines is 1. The summed E-state index contributed by atoms with van der Waals surface area (Å²) < 4.78 is 19.9. The fraction of sp³-hybridized carbons (Fsp3) is 0.250. The molecular formula is C20H18FNO3. The number of halogens is 1. The van der Waals surface area contributed by atoms with Crippen molar-refractivity contribution in [3.63, 3.8) is 0 Å². The van der Waals surface area contributed by atoms with E-state index in [0.29, 0.717) is 5.56 Å². The highest BCUT2D eigenvalue weighted by molar-refractivity contribution is 5.87. The minimum atomic E-state index is -1.13. The van der Waals surface area contributed by atoms with Crippen LogP contribution in [0.1, 0.15) is 39.9 Å². The number of hydrogen-bond acceptors (Lipinski definition) is 3. The summed E-state index contributed by atoms with van der Waals surface area (Å²) in [5.74, 6) is -0.436. The normalized spacial score (nSPS) is 23.5. The maximum absolute atomic E-state index is 14.6. The van der Waals surface area contributed by atoms with E-state index in [1.165, 1.54) is 6.07 Å². The van der Waals surface area contributed by atoms with Gasteiger partial charge in [-0.1, -0.05) is 18.2 Å². The lowest BCUT2D eigenvalue weighted by molar-refractivity contribution is 0.0696. The van der Waals surface area contributed by atoms with Crippen LogP contribution in [0.3, 0.4) is 0 Å². The van der Waals surface area contributed by atoms with Crippen LogP contribution < -0.4 is 10.1 Å². The van der Waals surface area contributed by atoms with E-state index in [2.05, 4.69) is 17.5 Å². The Labute approximate surface area is 144 Å². The van der Waals surface area contributed by atoms with Gasteiger partial charge in [-0.2, -0.15) is 0 Å². The first-order valence-electron chi connectivity index (χ1n) is 8.22. The number of carboxylic acid groups (broad SMARTS) is 1. The molecule has 1 aliphatic carbocycles. The average molecular weight is 339 g/mol. The Bertz CT molecular complexity index is 877. The number of carboxylic acids is 1. The van der Waals surface area contributed by atoms with Crippen molar-refractivity contribution in [2.75, 3.05) is 12.4 Å². The smallest absolute Gasteiger partial charge is 0.335 e. The Kier molecular flexibility index (Phi) is 3.71. The largest absolute Gasteiger partial charge is 0.497 e. The summed E-state index contributed by atoms with van der Waals surface area (Å²) in [7, 11) is 1.64. The summed E-state index contributed by atoms with van der Waals surface area (Å²) in [5, 5.41) is 12.5. The second kappa shape index (κ2) is 5.92. The molecule has 0 spiro atoms. The highest BCUT2D eigenvalue weighted by Crippen LogP contribution is 2.50. The summed E-state index contributed by atoms with van der Waals surface area (Å²) in [6, 6.07) is 9.79. The molecule has 5 heteroatoms. The Hall–Kier alpha value is -2.82. The highest BCUT2D eigenvalue weighted by Gasteiger charge is 2.39. The first kappa shape index (κ1) is 15.7. The molecule has 128 valence electrons. The minimum absolute atomic E-state index is 0.0386. The van der Waals surface area contributed by atoms with E-state index >= 15 is 0 Å². The molecule has 0 radical (unpaired) electrons. The van der Waals surface area contributed by atoms with Gasteiger partial charge in [-0.05, 0) is 48.2 Å². The molecule has 1 heterocycles. The van der Waals surface area contributed by atoms with Crippen LogP contribution >= 0.6 is 0 Å². The Morgan fingerprint density at radius 1 is 1.24 bits per heavy atom. The van der Waals surface area contributed by atoms with Crippen molar-refractivity contribution in [3.8, 4) is 5.75 Å². The second-order valence-corrected chi connectivity index (χ2v) is 6.47. The van der Waals surface area contributed by atoms with E-state index in [1.807, 2.05) is 18.2 Å². The number of aromatic carboxylic acids is 1. The first-order valence-corrected chi connectivity index (χ1v) is 8.22. The van der Waals surface area contributed by atoms with Crippen molar-refractivity contribution in [1.82, 2.24) is 0 Å². The number of benzene rings is 2. The Balaban J connectivity index is 1.76. The van der Waals surface area contributed by atoms with E-state index in [4.69, 9.17) is 9.84 Å². The molecule has 2 aliphatic rings. The van der Waals surface area contributed by atoms with Crippen molar-refractivity contribution in [3.05, 3.63) is 71.1 Å². The van der Waals surface area contributed by atoms with Crippen molar-refractivity contribution >= 4 is 11.7 Å². The van der Waals surface area contributed by atoms with Gasteiger partial charge in [0.25, 0.3) is 0 Å². The molecule has 4 nitrogen and oxygen atoms in total. The predicted octanol–water partition coefficient (Wildman–Crippen LogP) is 4.36. The van der Waals surface area contributed by atoms with Crippen molar-refractivity contribution in [2.45, 2.75) is 18.4 Å². The lowest BCUT2D eigenvalue weighted by atomic mass is 9.77. The zero-order chi connectivity index (χ0) is 17.6. The number of nitrogens with one attached hydrogen (secondary N) is 1. The molecular weight excluding hydrogens is 321 g/mol. The lowest BCUT2D eigenvalue weighted by Crippen LogP contribution is -2.29. The molecule has 2 aromatic rings. The van der Waals surface area contributed by atoms with Crippen LogP contribution in [-0.4, -0.2) is 18.2 Å². The molecule has 2 aromatic carbocycles. The van der Waals surface area contributed by atoms with E-state index < -0.39 is 11.8 Å². The number of hydrogen-bond donors (Lipinski definition) is 2. The summed E-state index contributed by atoms with van der Waals surface area (Å²) in [5.41, 5.74) is 2.57. The van der Waals surface area contributed by atoms with E-state index in [9.17, 15) is 9.18 Å². The van der Waals surface area contributed by atoms with Gasteiger partial charge >= 0.3 is 5.97 Å². The van der Waals surface area contributed by atoms with E-state index in [0.717, 1.165) is 29.5 Å². The SMILES string of the molecule is COc1ccc2c(c1)[C@@H]1C=CC[C@@H]1[C@H](c1ccc(C(=O)O)cc1F)N2. The van der Waals surface area contributed by atoms with Crippen molar-refractivity contribution in [2.24, 2.45) is 5.92 Å². The molecule has 0 unspecified atom stereocenters. The Morgan fingerprint density at radius 2 is 2.08 bits per heavy atom. The second-order valence-electron chi connectivity index (χ2n) is 6.47. The van der Waals surface area contributed by atoms with Crippen LogP contribution in [0.5, 0.6) is 5.75 Å². The van der Waals surface area contributed by atoms with Gasteiger partial charge in [-0.3, -0.25) is 0 Å². The molecule has 4 rings (SSSR count). The fourth-order valence-corrected chi connectivity index (χ4v) is 3.92. The maximum Gasteiger partial charge on any atom is 0.335 e. The lowest BCUT2D eigenvalue weighted by Gasteiger charge is -2.37. The summed E-state index contributed by atoms with van der Waals surface area (Å²) in [4.78, 5) is 11.0. The van der Waals surface area contributed by atoms with Crippen LogP contribution in [0.4, 0.5) is 10.1 Å². The topological polar surface area (TPSA) is 58.6 Å². The molecule has 2 N–H and O–H groups in total. The van der Waals surface area contributed by atoms with Gasteiger partial charge in [-0.15, -0.1) is 0 Å². The average Bonchev–Trinajstić information content (AvgIpc) is 3.10. The molecule has 25 heavy (non-hydrogen) atoms. The van der Waals surface area contributed by atoms with Gasteiger partial charge in [0.15, 0.2) is 0 Å². The van der Waals surface area contributed by atoms with Crippen LogP contribution in [-0.2, 0) is 0 Å². The number of fused-ring (bicyclic) bond motifs is 3. The van der Waals surface area contributed by atoms with E-state index in [-0.39, 0.29) is 23.4 Å². The number of methoxy groups -OCH3 is 1. The molecule has 3 atom stereocenters. The number of carbonyl (C=O) groups is 1. The molecule has 0 aromatic heterocycles. The number of ether oxygens (including phenoxy) is 1. The zero-order valence-electron chi connectivity index (χ0n) is 13.7. The first-order chi connectivity index (χ1) is 12.1. The number of allylic oxidation sites excluding steroid dienone is 2. The zero-order valence-corrected chi connectivity index (χ0v) is 13.7. The monoisotopic (exact) mass is 339 g/mol. The molecule has 0 saturated heterocycles. The van der Waals surface area contributed by atoms with Gasteiger partial charge in [-0.25, -0.2) is 9.18 Å². The van der Waals surface area contributed by atoms with Gasteiger partial charge < -0.3 is 15.2 Å². The third-order valence-corrected chi connectivity index (χ3v) is 5.15. The van der Waals surface area contributed by atoms with Crippen molar-refractivity contribution in [1.29, 1.82) is 0 Å². The van der Waals surface area contributed by atoms with Gasteiger partial charge in [0, 0.05) is 17.2 Å². The van der Waals surface area contributed by atoms with Gasteiger partial charge in [0.1, 0.15) is 11.6 Å². The standard InChI is InChI=1S/C20H18FNO3/c1-25-12-6-8-18-16(10-12)13-3-2-4-14(13)19(22-18)15-7-5-11(20(23)24)9-17(15)21/h2-3,5-10,13-14,19,22H,4H2,1H3,(H,23,24)/t13-,14+,19-/m1/s1. The summed E-state index contributed by atoms with van der Waals surface area (Å²) >= 11 is 0. The van der Waals surface area contributed by atoms with E-state index in [1.54, 1.807) is 13.2 Å². The summed E-state index contributed by atoms with van der Waals surface area (Å²) in [6.07, 6.45) is 5.14.